The van der Waals surface area contributed by atoms with Gasteiger partial charge in [-0.1, -0.05) is 70.9 Å². The minimum Gasteiger partial charge on any atom is -0.406 e. The van der Waals surface area contributed by atoms with Gasteiger partial charge in [0.25, 0.3) is 0 Å². The Hall–Kier alpha value is -1.19. The molecule has 0 amide bonds. The summed E-state index contributed by atoms with van der Waals surface area (Å²) in [6.07, 6.45) is 13.0. The maximum Gasteiger partial charge on any atom is 0.573 e. The monoisotopic (exact) mass is 438 g/mol. The number of ether oxygens (including phenoxy) is 1. The zero-order valence-electron chi connectivity index (χ0n) is 19.4. The van der Waals surface area contributed by atoms with Gasteiger partial charge in [0.15, 0.2) is 0 Å². The second kappa shape index (κ2) is 11.6. The average molecular weight is 439 g/mol. The minimum atomic E-state index is -4.62. The third-order valence-corrected chi connectivity index (χ3v) is 7.84. The second-order valence-corrected chi connectivity index (χ2v) is 10.6. The molecule has 31 heavy (non-hydrogen) atoms. The zero-order chi connectivity index (χ0) is 22.3. The van der Waals surface area contributed by atoms with Gasteiger partial charge in [0, 0.05) is 0 Å². The van der Waals surface area contributed by atoms with E-state index in [9.17, 15) is 13.2 Å². The zero-order valence-corrected chi connectivity index (χ0v) is 19.4. The van der Waals surface area contributed by atoms with Gasteiger partial charge in [-0.05, 0) is 85.8 Å². The number of hydrogen-bond donors (Lipinski definition) is 0. The van der Waals surface area contributed by atoms with Gasteiger partial charge >= 0.3 is 6.36 Å². The molecule has 3 rings (SSSR count). The summed E-state index contributed by atoms with van der Waals surface area (Å²) in [5.41, 5.74) is 1.10. The van der Waals surface area contributed by atoms with Crippen LogP contribution in [0.1, 0.15) is 96.5 Å². The van der Waals surface area contributed by atoms with Crippen LogP contribution in [0.2, 0.25) is 0 Å². The van der Waals surface area contributed by atoms with E-state index in [4.69, 9.17) is 0 Å². The van der Waals surface area contributed by atoms with Crippen molar-refractivity contribution in [3.05, 3.63) is 29.8 Å². The van der Waals surface area contributed by atoms with Gasteiger partial charge in [-0.3, -0.25) is 0 Å². The molecule has 0 atom stereocenters. The van der Waals surface area contributed by atoms with Crippen molar-refractivity contribution in [2.45, 2.75) is 104 Å². The predicted molar refractivity (Wildman–Crippen MR) is 121 cm³/mol. The summed E-state index contributed by atoms with van der Waals surface area (Å²) >= 11 is 0. The normalized spacial score (nSPS) is 27.4. The van der Waals surface area contributed by atoms with Crippen molar-refractivity contribution in [3.63, 3.8) is 0 Å². The smallest absolute Gasteiger partial charge is 0.406 e. The Labute approximate surface area is 187 Å². The third-order valence-electron chi connectivity index (χ3n) is 7.84. The third kappa shape index (κ3) is 8.69. The highest BCUT2D eigenvalue weighted by Crippen LogP contribution is 2.43. The van der Waals surface area contributed by atoms with Gasteiger partial charge in [0.05, 0.1) is 0 Å². The first kappa shape index (κ1) is 24.5. The first-order valence-corrected chi connectivity index (χ1v) is 12.6. The maximum atomic E-state index is 12.3. The number of benzene rings is 1. The minimum absolute atomic E-state index is 0.133. The summed E-state index contributed by atoms with van der Waals surface area (Å²) in [4.78, 5) is 0. The molecule has 0 aromatic heterocycles. The van der Waals surface area contributed by atoms with E-state index in [0.717, 1.165) is 48.0 Å². The van der Waals surface area contributed by atoms with E-state index in [1.807, 2.05) is 0 Å². The molecule has 0 heterocycles. The van der Waals surface area contributed by atoms with E-state index in [-0.39, 0.29) is 5.75 Å². The quantitative estimate of drug-likeness (QED) is 0.374. The van der Waals surface area contributed by atoms with Crippen LogP contribution in [0.15, 0.2) is 24.3 Å². The van der Waals surface area contributed by atoms with Crippen molar-refractivity contribution in [1.29, 1.82) is 0 Å². The van der Waals surface area contributed by atoms with Crippen LogP contribution < -0.4 is 4.74 Å². The topological polar surface area (TPSA) is 9.23 Å². The lowest BCUT2D eigenvalue weighted by Gasteiger charge is -2.38. The lowest BCUT2D eigenvalue weighted by atomic mass is 9.68. The van der Waals surface area contributed by atoms with Crippen molar-refractivity contribution in [2.24, 2.45) is 29.6 Å². The summed E-state index contributed by atoms with van der Waals surface area (Å²) in [5.74, 6) is 4.37. The van der Waals surface area contributed by atoms with Crippen LogP contribution in [0, 0.1) is 29.6 Å². The van der Waals surface area contributed by atoms with Gasteiger partial charge in [0.1, 0.15) is 5.75 Å². The average Bonchev–Trinajstić information content (AvgIpc) is 2.73. The molecule has 1 aromatic carbocycles. The molecule has 1 aromatic rings. The summed E-state index contributed by atoms with van der Waals surface area (Å²) in [5, 5.41) is 0. The molecule has 0 bridgehead atoms. The molecular formula is C27H41F3O. The number of halogens is 3. The fourth-order valence-electron chi connectivity index (χ4n) is 5.94. The summed E-state index contributed by atoms with van der Waals surface area (Å²) < 4.78 is 40.8. The summed E-state index contributed by atoms with van der Waals surface area (Å²) in [6, 6.07) is 6.40. The number of rotatable bonds is 9. The Kier molecular flexibility index (Phi) is 9.16. The van der Waals surface area contributed by atoms with Crippen molar-refractivity contribution in [2.75, 3.05) is 0 Å². The van der Waals surface area contributed by atoms with Crippen LogP contribution >= 0.6 is 0 Å². The van der Waals surface area contributed by atoms with E-state index in [0.29, 0.717) is 0 Å². The number of alkyl halides is 3. The van der Waals surface area contributed by atoms with Crippen LogP contribution in [-0.2, 0) is 6.42 Å². The van der Waals surface area contributed by atoms with Crippen LogP contribution in [0.4, 0.5) is 13.2 Å². The van der Waals surface area contributed by atoms with Gasteiger partial charge < -0.3 is 4.74 Å². The van der Waals surface area contributed by atoms with Gasteiger partial charge in [0.2, 0.25) is 0 Å². The van der Waals surface area contributed by atoms with E-state index in [1.54, 1.807) is 12.1 Å². The summed E-state index contributed by atoms with van der Waals surface area (Å²) in [6.45, 7) is 4.66. The van der Waals surface area contributed by atoms with Crippen molar-refractivity contribution in [3.8, 4) is 5.75 Å². The highest BCUT2D eigenvalue weighted by Gasteiger charge is 2.32. The van der Waals surface area contributed by atoms with Crippen LogP contribution in [0.3, 0.4) is 0 Å². The highest BCUT2D eigenvalue weighted by atomic mass is 19.4. The molecule has 176 valence electrons. The largest absolute Gasteiger partial charge is 0.573 e. The Bertz CT molecular complexity index is 621. The SMILES string of the molecule is CC(C)CCCC1CCC(C2CCC(CCc3ccc(OC(F)(F)F)cc3)CC2)CC1. The van der Waals surface area contributed by atoms with Gasteiger partial charge in [-0.2, -0.15) is 0 Å². The first-order chi connectivity index (χ1) is 14.8. The van der Waals surface area contributed by atoms with Crippen molar-refractivity contribution in [1.82, 2.24) is 0 Å². The van der Waals surface area contributed by atoms with Gasteiger partial charge in [-0.25, -0.2) is 0 Å². The Morgan fingerprint density at radius 3 is 1.81 bits per heavy atom. The molecule has 2 aliphatic rings. The second-order valence-electron chi connectivity index (χ2n) is 10.6. The Morgan fingerprint density at radius 2 is 1.32 bits per heavy atom. The Morgan fingerprint density at radius 1 is 0.806 bits per heavy atom. The molecular weight excluding hydrogens is 397 g/mol. The van der Waals surface area contributed by atoms with E-state index in [1.165, 1.54) is 82.8 Å². The molecule has 0 saturated heterocycles. The lowest BCUT2D eigenvalue weighted by Crippen LogP contribution is -2.26. The standard InChI is InChI=1S/C27H41F3O/c1-20(2)4-3-5-21-8-14-24(15-9-21)25-16-10-22(11-17-25)6-7-23-12-18-26(19-13-23)31-27(28,29)30/h12-13,18-22,24-25H,3-11,14-17H2,1-2H3. The molecule has 2 aliphatic carbocycles. The molecule has 4 heteroatoms. The molecule has 2 saturated carbocycles. The summed E-state index contributed by atoms with van der Waals surface area (Å²) in [7, 11) is 0. The molecule has 1 nitrogen and oxygen atoms in total. The highest BCUT2D eigenvalue weighted by molar-refractivity contribution is 5.27. The van der Waals surface area contributed by atoms with E-state index in [2.05, 4.69) is 18.6 Å². The molecule has 0 aliphatic heterocycles. The van der Waals surface area contributed by atoms with E-state index >= 15 is 0 Å². The number of hydrogen-bond acceptors (Lipinski definition) is 1. The fourth-order valence-corrected chi connectivity index (χ4v) is 5.94. The molecule has 0 spiro atoms. The first-order valence-electron chi connectivity index (χ1n) is 12.6. The maximum absolute atomic E-state index is 12.3. The molecule has 0 radical (unpaired) electrons. The van der Waals surface area contributed by atoms with Crippen LogP contribution in [0.25, 0.3) is 0 Å². The van der Waals surface area contributed by atoms with Crippen LogP contribution in [0.5, 0.6) is 5.75 Å². The van der Waals surface area contributed by atoms with Gasteiger partial charge in [-0.15, -0.1) is 13.2 Å². The molecule has 0 unspecified atom stereocenters. The van der Waals surface area contributed by atoms with Crippen LogP contribution in [-0.4, -0.2) is 6.36 Å². The van der Waals surface area contributed by atoms with Crippen molar-refractivity contribution >= 4 is 0 Å². The predicted octanol–water partition coefficient (Wildman–Crippen LogP) is 8.96. The lowest BCUT2D eigenvalue weighted by molar-refractivity contribution is -0.274. The Balaban J connectivity index is 1.31. The fraction of sp³-hybridized carbons (Fsp3) is 0.778. The van der Waals surface area contributed by atoms with E-state index < -0.39 is 6.36 Å². The molecule has 2 fully saturated rings. The molecule has 0 N–H and O–H groups in total. The number of aryl methyl sites for hydroxylation is 1. The van der Waals surface area contributed by atoms with Crippen molar-refractivity contribution < 1.29 is 17.9 Å².